The van der Waals surface area contributed by atoms with Crippen molar-refractivity contribution >= 4 is 11.4 Å². The predicted molar refractivity (Wildman–Crippen MR) is 142 cm³/mol. The van der Waals surface area contributed by atoms with Crippen LogP contribution in [0.3, 0.4) is 0 Å². The molecule has 2 nitrogen and oxygen atoms in total. The topological polar surface area (TPSA) is 15.3 Å². The monoisotopic (exact) mass is 432 g/mol. The normalized spacial score (nSPS) is 17.9. The Kier molecular flexibility index (Phi) is 8.84. The summed E-state index contributed by atoms with van der Waals surface area (Å²) < 4.78 is 0. The number of allylic oxidation sites excluding steroid dienone is 1. The number of rotatable bonds is 10. The number of aryl methyl sites for hydroxylation is 3. The lowest BCUT2D eigenvalue weighted by Crippen LogP contribution is -2.31. The number of anilines is 2. The molecule has 0 radical (unpaired) electrons. The Morgan fingerprint density at radius 1 is 1.19 bits per heavy atom. The molecule has 0 fully saturated rings. The third kappa shape index (κ3) is 5.77. The Morgan fingerprint density at radius 2 is 2.00 bits per heavy atom. The number of fused-ring (bicyclic) bond motifs is 1. The van der Waals surface area contributed by atoms with Crippen molar-refractivity contribution in [3.8, 4) is 0 Å². The maximum absolute atomic E-state index is 4.06. The minimum atomic E-state index is 0.569. The highest BCUT2D eigenvalue weighted by atomic mass is 15.1. The van der Waals surface area contributed by atoms with Crippen LogP contribution in [0.1, 0.15) is 74.6 Å². The third-order valence-electron chi connectivity index (χ3n) is 7.58. The maximum atomic E-state index is 4.06. The quantitative estimate of drug-likeness (QED) is 0.386. The second-order valence-electron chi connectivity index (χ2n) is 9.78. The van der Waals surface area contributed by atoms with Gasteiger partial charge in [-0.05, 0) is 73.3 Å². The Morgan fingerprint density at radius 3 is 2.69 bits per heavy atom. The van der Waals surface area contributed by atoms with Gasteiger partial charge in [-0.25, -0.2) is 0 Å². The molecule has 32 heavy (non-hydrogen) atoms. The van der Waals surface area contributed by atoms with Crippen LogP contribution < -0.4 is 10.2 Å². The Labute approximate surface area is 197 Å². The first-order chi connectivity index (χ1) is 15.5. The summed E-state index contributed by atoms with van der Waals surface area (Å²) >= 11 is 0. The molecule has 3 unspecified atom stereocenters. The van der Waals surface area contributed by atoms with Crippen molar-refractivity contribution in [2.24, 2.45) is 11.8 Å². The van der Waals surface area contributed by atoms with Crippen molar-refractivity contribution < 1.29 is 0 Å². The number of hydrogen-bond donors (Lipinski definition) is 1. The summed E-state index contributed by atoms with van der Waals surface area (Å²) in [6, 6.07) is 14.1. The number of nitrogens with one attached hydrogen (secondary N) is 1. The van der Waals surface area contributed by atoms with Crippen LogP contribution in [0.15, 0.2) is 49.1 Å². The van der Waals surface area contributed by atoms with E-state index in [-0.39, 0.29) is 0 Å². The van der Waals surface area contributed by atoms with Gasteiger partial charge in [0.25, 0.3) is 0 Å². The van der Waals surface area contributed by atoms with Gasteiger partial charge in [0.15, 0.2) is 0 Å². The summed E-state index contributed by atoms with van der Waals surface area (Å²) in [4.78, 5) is 2.70. The second kappa shape index (κ2) is 11.6. The molecule has 0 aliphatic carbocycles. The lowest BCUT2D eigenvalue weighted by Gasteiger charge is -2.31. The SMILES string of the molecule is C=CC(C)C(CC)CCN1CC(c2ccc(C)cc2CCC)CCc2ccc(NC)cc21. The summed E-state index contributed by atoms with van der Waals surface area (Å²) in [6.45, 7) is 15.5. The van der Waals surface area contributed by atoms with Gasteiger partial charge in [0.1, 0.15) is 0 Å². The third-order valence-corrected chi connectivity index (χ3v) is 7.58. The zero-order valence-corrected chi connectivity index (χ0v) is 21.1. The largest absolute Gasteiger partial charge is 0.388 e. The number of nitrogens with zero attached hydrogens (tertiary/aromatic N) is 1. The van der Waals surface area contributed by atoms with Crippen molar-refractivity contribution in [2.45, 2.75) is 72.1 Å². The van der Waals surface area contributed by atoms with Crippen molar-refractivity contribution in [3.05, 3.63) is 71.3 Å². The molecule has 174 valence electrons. The predicted octanol–water partition coefficient (Wildman–Crippen LogP) is 7.76. The highest BCUT2D eigenvalue weighted by molar-refractivity contribution is 5.63. The van der Waals surface area contributed by atoms with Gasteiger partial charge in [0.2, 0.25) is 0 Å². The van der Waals surface area contributed by atoms with E-state index in [1.807, 2.05) is 7.05 Å². The summed E-state index contributed by atoms with van der Waals surface area (Å²) in [5.74, 6) is 1.85. The van der Waals surface area contributed by atoms with E-state index in [2.05, 4.69) is 87.0 Å². The smallest absolute Gasteiger partial charge is 0.0419 e. The van der Waals surface area contributed by atoms with Crippen molar-refractivity contribution in [1.82, 2.24) is 0 Å². The highest BCUT2D eigenvalue weighted by Crippen LogP contribution is 2.37. The van der Waals surface area contributed by atoms with E-state index in [1.54, 1.807) is 11.1 Å². The van der Waals surface area contributed by atoms with Crippen LogP contribution in [-0.2, 0) is 12.8 Å². The van der Waals surface area contributed by atoms with E-state index in [0.29, 0.717) is 17.8 Å². The molecule has 0 saturated carbocycles. The standard InChI is InChI=1S/C30H44N2/c1-7-10-26-19-22(4)11-16-29(26)27-13-12-25-14-15-28(31-6)20-30(25)32(21-27)18-17-24(9-3)23(5)8-2/h8,11,14-16,19-20,23-24,27,31H,2,7,9-10,12-13,17-18,21H2,1,3-6H3. The van der Waals surface area contributed by atoms with Gasteiger partial charge in [-0.2, -0.15) is 0 Å². The van der Waals surface area contributed by atoms with Crippen molar-refractivity contribution in [3.63, 3.8) is 0 Å². The summed E-state index contributed by atoms with van der Waals surface area (Å²) in [7, 11) is 2.02. The molecule has 0 spiro atoms. The molecule has 0 saturated heterocycles. The minimum absolute atomic E-state index is 0.569. The average Bonchev–Trinajstić information content (AvgIpc) is 2.98. The number of benzene rings is 2. The van der Waals surface area contributed by atoms with Crippen LogP contribution in [-0.4, -0.2) is 20.1 Å². The molecular formula is C30H44N2. The molecule has 2 aromatic rings. The van der Waals surface area contributed by atoms with Gasteiger partial charge in [0, 0.05) is 37.4 Å². The highest BCUT2D eigenvalue weighted by Gasteiger charge is 2.26. The zero-order chi connectivity index (χ0) is 23.1. The van der Waals surface area contributed by atoms with Crippen LogP contribution in [0.4, 0.5) is 11.4 Å². The Bertz CT molecular complexity index is 884. The fourth-order valence-electron chi connectivity index (χ4n) is 5.45. The molecule has 1 aliphatic rings. The Balaban J connectivity index is 1.93. The fraction of sp³-hybridized carbons (Fsp3) is 0.533. The van der Waals surface area contributed by atoms with E-state index in [4.69, 9.17) is 0 Å². The van der Waals surface area contributed by atoms with E-state index in [9.17, 15) is 0 Å². The summed E-state index contributed by atoms with van der Waals surface area (Å²) in [5.41, 5.74) is 8.67. The molecule has 2 aromatic carbocycles. The molecule has 0 amide bonds. The van der Waals surface area contributed by atoms with Gasteiger partial charge in [0.05, 0.1) is 0 Å². The van der Waals surface area contributed by atoms with Crippen LogP contribution in [0.5, 0.6) is 0 Å². The van der Waals surface area contributed by atoms with Gasteiger partial charge in [-0.1, -0.05) is 69.5 Å². The minimum Gasteiger partial charge on any atom is -0.388 e. The lowest BCUT2D eigenvalue weighted by atomic mass is 9.87. The van der Waals surface area contributed by atoms with Gasteiger partial charge < -0.3 is 10.2 Å². The maximum Gasteiger partial charge on any atom is 0.0419 e. The first kappa shape index (κ1) is 24.4. The first-order valence-electron chi connectivity index (χ1n) is 12.8. The van der Waals surface area contributed by atoms with Crippen LogP contribution in [0, 0.1) is 18.8 Å². The van der Waals surface area contributed by atoms with Gasteiger partial charge >= 0.3 is 0 Å². The van der Waals surface area contributed by atoms with Crippen molar-refractivity contribution in [2.75, 3.05) is 30.4 Å². The van der Waals surface area contributed by atoms with Gasteiger partial charge in [-0.3, -0.25) is 0 Å². The van der Waals surface area contributed by atoms with E-state index >= 15 is 0 Å². The molecule has 1 aliphatic heterocycles. The second-order valence-corrected chi connectivity index (χ2v) is 9.78. The number of hydrogen-bond acceptors (Lipinski definition) is 2. The Hall–Kier alpha value is -2.22. The van der Waals surface area contributed by atoms with Crippen molar-refractivity contribution in [1.29, 1.82) is 0 Å². The average molecular weight is 433 g/mol. The first-order valence-corrected chi connectivity index (χ1v) is 12.8. The molecule has 0 bridgehead atoms. The van der Waals surface area contributed by atoms with Crippen LogP contribution in [0.25, 0.3) is 0 Å². The molecule has 3 rings (SSSR count). The summed E-state index contributed by atoms with van der Waals surface area (Å²) in [6.07, 6.45) is 9.33. The van der Waals surface area contributed by atoms with E-state index < -0.39 is 0 Å². The lowest BCUT2D eigenvalue weighted by molar-refractivity contribution is 0.379. The molecule has 1 N–H and O–H groups in total. The molecule has 3 atom stereocenters. The van der Waals surface area contributed by atoms with E-state index in [1.165, 1.54) is 54.6 Å². The van der Waals surface area contributed by atoms with Crippen LogP contribution >= 0.6 is 0 Å². The molecule has 1 heterocycles. The molecule has 2 heteroatoms. The molecule has 0 aromatic heterocycles. The molecular weight excluding hydrogens is 388 g/mol. The summed E-state index contributed by atoms with van der Waals surface area (Å²) in [5, 5.41) is 3.36. The fourth-order valence-corrected chi connectivity index (χ4v) is 5.45. The zero-order valence-electron chi connectivity index (χ0n) is 21.1. The van der Waals surface area contributed by atoms with Gasteiger partial charge in [-0.15, -0.1) is 6.58 Å². The van der Waals surface area contributed by atoms with Crippen LogP contribution in [0.2, 0.25) is 0 Å². The van der Waals surface area contributed by atoms with E-state index in [0.717, 1.165) is 19.5 Å².